The molecule has 4 rings (SSSR count). The molecule has 0 aliphatic heterocycles. The van der Waals surface area contributed by atoms with E-state index in [9.17, 15) is 39.6 Å². The zero-order chi connectivity index (χ0) is 32.4. The molecule has 0 aliphatic carbocycles. The van der Waals surface area contributed by atoms with Crippen molar-refractivity contribution in [1.82, 2.24) is 0 Å². The molecule has 4 aromatic rings. The van der Waals surface area contributed by atoms with Crippen LogP contribution < -0.4 is 0 Å². The molecule has 0 spiro atoms. The molecule has 232 valence electrons. The number of phenolic OH excluding ortho intramolecular Hbond substituents is 4. The Morgan fingerprint density at radius 1 is 0.422 bits per heavy atom. The average molecular weight is 617 g/mol. The third-order valence-electron chi connectivity index (χ3n) is 6.37. The maximum atomic E-state index is 12.9. The van der Waals surface area contributed by atoms with E-state index in [4.69, 9.17) is 18.9 Å². The lowest BCUT2D eigenvalue weighted by atomic mass is 9.92. The van der Waals surface area contributed by atoms with Gasteiger partial charge in [0.1, 0.15) is 54.8 Å². The second-order valence-corrected chi connectivity index (χ2v) is 10.0. The van der Waals surface area contributed by atoms with Crippen LogP contribution in [-0.4, -0.2) is 70.7 Å². The molecule has 0 unspecified atom stereocenters. The largest absolute Gasteiger partial charge is 0.508 e. The number of hydrogen-bond donors (Lipinski definition) is 4. The Labute approximate surface area is 256 Å². The Balaban J connectivity index is 1.63. The van der Waals surface area contributed by atoms with Gasteiger partial charge in [0.2, 0.25) is 0 Å². The summed E-state index contributed by atoms with van der Waals surface area (Å²) < 4.78 is 21.9. The first-order valence-corrected chi connectivity index (χ1v) is 13.4. The van der Waals surface area contributed by atoms with E-state index in [1.54, 1.807) is 0 Å². The maximum Gasteiger partial charge on any atom is 0.338 e. The van der Waals surface area contributed by atoms with E-state index in [0.717, 1.165) is 24.3 Å². The molecule has 0 amide bonds. The number of rotatable bonds is 12. The van der Waals surface area contributed by atoms with Gasteiger partial charge in [-0.3, -0.25) is 0 Å². The number of ether oxygens (including phenoxy) is 4. The maximum absolute atomic E-state index is 12.9. The molecule has 0 saturated heterocycles. The van der Waals surface area contributed by atoms with Crippen LogP contribution in [0.4, 0.5) is 0 Å². The van der Waals surface area contributed by atoms with E-state index in [-0.39, 0.29) is 45.3 Å². The van der Waals surface area contributed by atoms with Crippen LogP contribution in [-0.2, 0) is 18.9 Å². The highest BCUT2D eigenvalue weighted by atomic mass is 16.6. The Bertz CT molecular complexity index is 1450. The molecule has 4 N–H and O–H groups in total. The van der Waals surface area contributed by atoms with Crippen molar-refractivity contribution in [3.05, 3.63) is 119 Å². The van der Waals surface area contributed by atoms with E-state index in [0.29, 0.717) is 0 Å². The SMILES string of the molecule is O=C(OCC(COC(=O)c1cccc(O)c1)(COC(=O)c1cccc(O)c1)COC(=O)c1cccc(O)c1)c1cccc(O)c1. The Morgan fingerprint density at radius 3 is 0.844 bits per heavy atom. The summed E-state index contributed by atoms with van der Waals surface area (Å²) in [6.07, 6.45) is 0. The number of esters is 4. The number of phenols is 4. The van der Waals surface area contributed by atoms with Crippen LogP contribution in [0.3, 0.4) is 0 Å². The van der Waals surface area contributed by atoms with E-state index in [2.05, 4.69) is 0 Å². The van der Waals surface area contributed by atoms with Gasteiger partial charge in [-0.05, 0) is 72.8 Å². The summed E-state index contributed by atoms with van der Waals surface area (Å²) in [5.41, 5.74) is -1.77. The molecule has 0 aromatic heterocycles. The predicted molar refractivity (Wildman–Crippen MR) is 156 cm³/mol. The van der Waals surface area contributed by atoms with Crippen LogP contribution in [0, 0.1) is 5.41 Å². The molecule has 0 fully saturated rings. The lowest BCUT2D eigenvalue weighted by Gasteiger charge is -2.31. The molecule has 12 nitrogen and oxygen atoms in total. The second kappa shape index (κ2) is 14.4. The van der Waals surface area contributed by atoms with Crippen molar-refractivity contribution in [3.63, 3.8) is 0 Å². The minimum Gasteiger partial charge on any atom is -0.508 e. The highest BCUT2D eigenvalue weighted by Crippen LogP contribution is 2.25. The van der Waals surface area contributed by atoms with Gasteiger partial charge in [0.05, 0.1) is 22.3 Å². The topological polar surface area (TPSA) is 186 Å². The van der Waals surface area contributed by atoms with Crippen LogP contribution in [0.1, 0.15) is 41.4 Å². The first kappa shape index (κ1) is 31.9. The molecular weight excluding hydrogens is 588 g/mol. The number of carbonyl (C=O) groups excluding carboxylic acids is 4. The van der Waals surface area contributed by atoms with Crippen molar-refractivity contribution < 1.29 is 58.6 Å². The Morgan fingerprint density at radius 2 is 0.644 bits per heavy atom. The van der Waals surface area contributed by atoms with Crippen molar-refractivity contribution in [1.29, 1.82) is 0 Å². The standard InChI is InChI=1S/C33H28O12/c34-25-9-1-5-21(13-25)29(38)42-17-33(18-43-30(39)22-6-2-10-26(35)14-22,19-44-31(40)23-7-3-11-27(36)15-23)20-45-32(41)24-8-4-12-28(37)16-24/h1-16,34-37H,17-20H2. The van der Waals surface area contributed by atoms with Gasteiger partial charge in [-0.25, -0.2) is 19.2 Å². The number of hydrogen-bond acceptors (Lipinski definition) is 12. The van der Waals surface area contributed by atoms with E-state index < -0.39 is 55.7 Å². The lowest BCUT2D eigenvalue weighted by Crippen LogP contribution is -2.44. The third-order valence-corrected chi connectivity index (χ3v) is 6.37. The highest BCUT2D eigenvalue weighted by molar-refractivity contribution is 5.91. The summed E-state index contributed by atoms with van der Waals surface area (Å²) in [6, 6.07) is 21.3. The van der Waals surface area contributed by atoms with Gasteiger partial charge in [0, 0.05) is 0 Å². The van der Waals surface area contributed by atoms with Crippen LogP contribution in [0.5, 0.6) is 23.0 Å². The zero-order valence-electron chi connectivity index (χ0n) is 23.6. The number of carbonyl (C=O) groups is 4. The van der Waals surface area contributed by atoms with E-state index >= 15 is 0 Å². The van der Waals surface area contributed by atoms with Gasteiger partial charge in [-0.15, -0.1) is 0 Å². The van der Waals surface area contributed by atoms with Crippen LogP contribution in [0.15, 0.2) is 97.1 Å². The van der Waals surface area contributed by atoms with Gasteiger partial charge >= 0.3 is 23.9 Å². The van der Waals surface area contributed by atoms with Crippen molar-refractivity contribution in [3.8, 4) is 23.0 Å². The normalized spacial score (nSPS) is 10.8. The minimum atomic E-state index is -1.70. The molecular formula is C33H28O12. The molecule has 0 radical (unpaired) electrons. The smallest absolute Gasteiger partial charge is 0.338 e. The summed E-state index contributed by atoms with van der Waals surface area (Å²) in [6.45, 7) is -2.46. The van der Waals surface area contributed by atoms with Crippen molar-refractivity contribution in [2.45, 2.75) is 0 Å². The highest BCUT2D eigenvalue weighted by Gasteiger charge is 2.38. The first-order valence-electron chi connectivity index (χ1n) is 13.4. The van der Waals surface area contributed by atoms with Crippen LogP contribution in [0.2, 0.25) is 0 Å². The van der Waals surface area contributed by atoms with Gasteiger partial charge < -0.3 is 39.4 Å². The van der Waals surface area contributed by atoms with Crippen molar-refractivity contribution in [2.75, 3.05) is 26.4 Å². The minimum absolute atomic E-state index is 0.0193. The summed E-state index contributed by atoms with van der Waals surface area (Å²) in [7, 11) is 0. The fourth-order valence-electron chi connectivity index (χ4n) is 3.99. The van der Waals surface area contributed by atoms with Gasteiger partial charge in [0.25, 0.3) is 0 Å². The third kappa shape index (κ3) is 8.97. The number of aromatic hydroxyl groups is 4. The monoisotopic (exact) mass is 616 g/mol. The summed E-state index contributed by atoms with van der Waals surface area (Å²) >= 11 is 0. The molecule has 4 aromatic carbocycles. The Kier molecular flexibility index (Phi) is 10.2. The molecule has 0 bridgehead atoms. The fraction of sp³-hybridized carbons (Fsp3) is 0.152. The van der Waals surface area contributed by atoms with Gasteiger partial charge in [-0.1, -0.05) is 24.3 Å². The quantitative estimate of drug-likeness (QED) is 0.131. The fourth-order valence-corrected chi connectivity index (χ4v) is 3.99. The lowest BCUT2D eigenvalue weighted by molar-refractivity contribution is -0.0642. The zero-order valence-corrected chi connectivity index (χ0v) is 23.6. The predicted octanol–water partition coefficient (Wildman–Crippen LogP) is 4.22. The number of benzene rings is 4. The summed E-state index contributed by atoms with van der Waals surface area (Å²) in [5, 5.41) is 39.1. The van der Waals surface area contributed by atoms with Crippen molar-refractivity contribution >= 4 is 23.9 Å². The van der Waals surface area contributed by atoms with Gasteiger partial charge in [-0.2, -0.15) is 0 Å². The van der Waals surface area contributed by atoms with Crippen LogP contribution >= 0.6 is 0 Å². The summed E-state index contributed by atoms with van der Waals surface area (Å²) in [4.78, 5) is 51.6. The molecule has 0 heterocycles. The second-order valence-electron chi connectivity index (χ2n) is 10.0. The molecule has 0 saturated carbocycles. The van der Waals surface area contributed by atoms with Gasteiger partial charge in [0.15, 0.2) is 0 Å². The molecule has 45 heavy (non-hydrogen) atoms. The Hall–Kier alpha value is -6.04. The average Bonchev–Trinajstić information content (AvgIpc) is 3.03. The summed E-state index contributed by atoms with van der Waals surface area (Å²) in [5.74, 6) is -4.37. The van der Waals surface area contributed by atoms with E-state index in [1.807, 2.05) is 0 Å². The van der Waals surface area contributed by atoms with E-state index in [1.165, 1.54) is 72.8 Å². The molecule has 12 heteroatoms. The first-order chi connectivity index (χ1) is 21.5. The van der Waals surface area contributed by atoms with Crippen LogP contribution in [0.25, 0.3) is 0 Å². The molecule has 0 aliphatic rings. The molecule has 0 atom stereocenters. The van der Waals surface area contributed by atoms with Crippen molar-refractivity contribution in [2.24, 2.45) is 5.41 Å².